The van der Waals surface area contributed by atoms with E-state index in [4.69, 9.17) is 0 Å². The van der Waals surface area contributed by atoms with Gasteiger partial charge >= 0.3 is 0 Å². The van der Waals surface area contributed by atoms with Crippen LogP contribution in [0.2, 0.25) is 0 Å². The van der Waals surface area contributed by atoms with Crippen LogP contribution < -0.4 is 0 Å². The Morgan fingerprint density at radius 1 is 0.750 bits per heavy atom. The molecule has 0 bridgehead atoms. The molecule has 0 aliphatic heterocycles. The fraction of sp³-hybridized carbons (Fsp3) is 0. The Hall–Kier alpha value is -2.81. The maximum Gasteiger partial charge on any atom is 0.0980 e. The summed E-state index contributed by atoms with van der Waals surface area (Å²) in [5.74, 6) is 0. The Morgan fingerprint density at radius 3 is 2.25 bits per heavy atom. The van der Waals surface area contributed by atoms with E-state index in [0.717, 1.165) is 28.2 Å². The zero-order valence-corrected chi connectivity index (χ0v) is 10.9. The van der Waals surface area contributed by atoms with Crippen molar-refractivity contribution in [2.75, 3.05) is 0 Å². The number of hydrogen-bond acceptors (Lipinski definition) is 3. The van der Waals surface area contributed by atoms with E-state index in [0.29, 0.717) is 0 Å². The van der Waals surface area contributed by atoms with Crippen molar-refractivity contribution < 1.29 is 0 Å². The Kier molecular flexibility index (Phi) is 3.33. The molecule has 3 nitrogen and oxygen atoms in total. The number of nitrogens with zero attached hydrogens (tertiary/aromatic N) is 3. The van der Waals surface area contributed by atoms with E-state index in [1.807, 2.05) is 42.5 Å². The highest BCUT2D eigenvalue weighted by Gasteiger charge is 2.12. The number of hydrogen-bond donors (Lipinski definition) is 0. The molecule has 0 atom stereocenters. The largest absolute Gasteiger partial charge is 0.256 e. The van der Waals surface area contributed by atoms with Crippen molar-refractivity contribution in [3.8, 4) is 22.6 Å². The minimum atomic E-state index is 0.829. The maximum atomic E-state index is 4.47. The minimum absolute atomic E-state index is 0.829. The zero-order chi connectivity index (χ0) is 13.8. The molecule has 0 saturated heterocycles. The highest BCUT2D eigenvalue weighted by Crippen LogP contribution is 2.29. The second kappa shape index (κ2) is 5.45. The lowest BCUT2D eigenvalue weighted by atomic mass is 10.0. The van der Waals surface area contributed by atoms with E-state index in [9.17, 15) is 0 Å². The highest BCUT2D eigenvalue weighted by molar-refractivity contribution is 5.81. The molecule has 0 radical (unpaired) electrons. The fourth-order valence-electron chi connectivity index (χ4n) is 2.11. The van der Waals surface area contributed by atoms with Crippen molar-refractivity contribution in [1.82, 2.24) is 15.0 Å². The molecule has 0 aliphatic carbocycles. The van der Waals surface area contributed by atoms with Crippen LogP contribution in [0.1, 0.15) is 5.56 Å². The first kappa shape index (κ1) is 12.2. The van der Waals surface area contributed by atoms with Crippen molar-refractivity contribution in [2.45, 2.75) is 0 Å². The average molecular weight is 259 g/mol. The minimum Gasteiger partial charge on any atom is -0.256 e. The van der Waals surface area contributed by atoms with Crippen LogP contribution in [0.3, 0.4) is 0 Å². The predicted octanol–water partition coefficient (Wildman–Crippen LogP) is 3.85. The molecular weight excluding hydrogens is 246 g/mol. The fourth-order valence-corrected chi connectivity index (χ4v) is 2.11. The summed E-state index contributed by atoms with van der Waals surface area (Å²) in [6.45, 7) is 3.84. The lowest BCUT2D eigenvalue weighted by molar-refractivity contribution is 1.23. The SMILES string of the molecule is C=Cc1cccnc1-c1cccnc1-c1ccccn1. The molecule has 3 aromatic heterocycles. The Labute approximate surface area is 117 Å². The Balaban J connectivity index is 2.23. The maximum absolute atomic E-state index is 4.47. The molecule has 0 unspecified atom stereocenters. The first-order chi connectivity index (χ1) is 9.90. The highest BCUT2D eigenvalue weighted by atomic mass is 14.8. The van der Waals surface area contributed by atoms with Crippen LogP contribution in [0.5, 0.6) is 0 Å². The number of rotatable bonds is 3. The van der Waals surface area contributed by atoms with Gasteiger partial charge in [0.1, 0.15) is 0 Å². The van der Waals surface area contributed by atoms with E-state index in [-0.39, 0.29) is 0 Å². The third-order valence-corrected chi connectivity index (χ3v) is 3.03. The summed E-state index contributed by atoms with van der Waals surface area (Å²) in [7, 11) is 0. The summed E-state index contributed by atoms with van der Waals surface area (Å²) in [6, 6.07) is 13.6. The average Bonchev–Trinajstić information content (AvgIpc) is 2.55. The van der Waals surface area contributed by atoms with Crippen LogP contribution in [-0.4, -0.2) is 15.0 Å². The van der Waals surface area contributed by atoms with Crippen LogP contribution in [0.25, 0.3) is 28.7 Å². The molecule has 0 N–H and O–H groups in total. The van der Waals surface area contributed by atoms with Gasteiger partial charge in [-0.3, -0.25) is 15.0 Å². The van der Waals surface area contributed by atoms with Crippen molar-refractivity contribution in [3.63, 3.8) is 0 Å². The van der Waals surface area contributed by atoms with Gasteiger partial charge in [0.2, 0.25) is 0 Å². The van der Waals surface area contributed by atoms with Gasteiger partial charge in [0, 0.05) is 29.7 Å². The third kappa shape index (κ3) is 2.21. The smallest absolute Gasteiger partial charge is 0.0980 e. The second-order valence-corrected chi connectivity index (χ2v) is 4.26. The quantitative estimate of drug-likeness (QED) is 0.717. The molecule has 0 saturated carbocycles. The zero-order valence-electron chi connectivity index (χ0n) is 10.9. The van der Waals surface area contributed by atoms with Gasteiger partial charge in [-0.2, -0.15) is 0 Å². The molecule has 3 heterocycles. The molecule has 3 aromatic rings. The van der Waals surface area contributed by atoms with Gasteiger partial charge in [0.25, 0.3) is 0 Å². The summed E-state index contributed by atoms with van der Waals surface area (Å²) >= 11 is 0. The molecule has 0 amide bonds. The lowest BCUT2D eigenvalue weighted by Crippen LogP contribution is -1.94. The predicted molar refractivity (Wildman–Crippen MR) is 80.8 cm³/mol. The lowest BCUT2D eigenvalue weighted by Gasteiger charge is -2.09. The number of aromatic nitrogens is 3. The number of pyridine rings is 3. The molecule has 0 aromatic carbocycles. The first-order valence-electron chi connectivity index (χ1n) is 6.34. The van der Waals surface area contributed by atoms with E-state index in [1.54, 1.807) is 24.7 Å². The van der Waals surface area contributed by atoms with Gasteiger partial charge in [0.15, 0.2) is 0 Å². The molecule has 0 spiro atoms. The normalized spacial score (nSPS) is 10.2. The van der Waals surface area contributed by atoms with Crippen LogP contribution in [-0.2, 0) is 0 Å². The van der Waals surface area contributed by atoms with Crippen molar-refractivity contribution in [2.24, 2.45) is 0 Å². The summed E-state index contributed by atoms with van der Waals surface area (Å²) in [5.41, 5.74) is 4.48. The molecular formula is C17H13N3. The van der Waals surface area contributed by atoms with Crippen LogP contribution in [0.4, 0.5) is 0 Å². The summed E-state index contributed by atoms with van der Waals surface area (Å²) < 4.78 is 0. The van der Waals surface area contributed by atoms with Crippen molar-refractivity contribution in [3.05, 3.63) is 73.2 Å². The molecule has 3 rings (SSSR count). The van der Waals surface area contributed by atoms with E-state index >= 15 is 0 Å². The van der Waals surface area contributed by atoms with E-state index in [1.165, 1.54) is 0 Å². The second-order valence-electron chi connectivity index (χ2n) is 4.26. The molecule has 0 aliphatic rings. The van der Waals surface area contributed by atoms with Crippen molar-refractivity contribution in [1.29, 1.82) is 0 Å². The van der Waals surface area contributed by atoms with Gasteiger partial charge in [-0.15, -0.1) is 0 Å². The molecule has 96 valence electrons. The Morgan fingerprint density at radius 2 is 1.50 bits per heavy atom. The van der Waals surface area contributed by atoms with Gasteiger partial charge in [-0.05, 0) is 30.3 Å². The van der Waals surface area contributed by atoms with Crippen LogP contribution in [0.15, 0.2) is 67.6 Å². The summed E-state index contributed by atoms with van der Waals surface area (Å²) in [6.07, 6.45) is 7.11. The van der Waals surface area contributed by atoms with Gasteiger partial charge in [0.05, 0.1) is 17.1 Å². The van der Waals surface area contributed by atoms with Crippen LogP contribution in [0, 0.1) is 0 Å². The molecule has 0 fully saturated rings. The van der Waals surface area contributed by atoms with Gasteiger partial charge < -0.3 is 0 Å². The van der Waals surface area contributed by atoms with E-state index < -0.39 is 0 Å². The standard InChI is InChI=1S/C17H13N3/c1-2-13-7-5-11-19-16(13)14-8-6-12-20-17(14)15-9-3-4-10-18-15/h2-12H,1H2. The Bertz CT molecular complexity index is 736. The molecule has 20 heavy (non-hydrogen) atoms. The van der Waals surface area contributed by atoms with Gasteiger partial charge in [-0.25, -0.2) is 0 Å². The van der Waals surface area contributed by atoms with Crippen molar-refractivity contribution >= 4 is 6.08 Å². The third-order valence-electron chi connectivity index (χ3n) is 3.03. The molecule has 3 heteroatoms. The van der Waals surface area contributed by atoms with E-state index in [2.05, 4.69) is 21.5 Å². The van der Waals surface area contributed by atoms with Gasteiger partial charge in [-0.1, -0.05) is 24.8 Å². The summed E-state index contributed by atoms with van der Waals surface area (Å²) in [4.78, 5) is 13.3. The summed E-state index contributed by atoms with van der Waals surface area (Å²) in [5, 5.41) is 0. The monoisotopic (exact) mass is 259 g/mol. The first-order valence-corrected chi connectivity index (χ1v) is 6.34. The van der Waals surface area contributed by atoms with Crippen LogP contribution >= 0.6 is 0 Å². The topological polar surface area (TPSA) is 38.7 Å².